The van der Waals surface area contributed by atoms with Gasteiger partial charge in [0.2, 0.25) is 0 Å². The molecule has 1 aliphatic heterocycles. The maximum absolute atomic E-state index is 13.5. The Morgan fingerprint density at radius 2 is 1.41 bits per heavy atom. The summed E-state index contributed by atoms with van der Waals surface area (Å²) in [5.74, 6) is -0.633. The maximum atomic E-state index is 13.5. The highest BCUT2D eigenvalue weighted by Crippen LogP contribution is 2.38. The Morgan fingerprint density at radius 1 is 0.966 bits per heavy atom. The van der Waals surface area contributed by atoms with Gasteiger partial charge >= 0.3 is 6.09 Å². The van der Waals surface area contributed by atoms with Crippen molar-refractivity contribution in [1.29, 1.82) is 0 Å². The topological polar surface area (TPSA) is 43.8 Å². The minimum absolute atomic E-state index is 0.0973. The zero-order valence-electron chi connectivity index (χ0n) is 17.3. The van der Waals surface area contributed by atoms with Gasteiger partial charge in [-0.25, -0.2) is 13.6 Å². The van der Waals surface area contributed by atoms with E-state index in [4.69, 9.17) is 0 Å². The van der Waals surface area contributed by atoms with Crippen LogP contribution < -0.4 is 0 Å². The summed E-state index contributed by atoms with van der Waals surface area (Å²) in [7, 11) is 0. The van der Waals surface area contributed by atoms with Gasteiger partial charge in [0.1, 0.15) is 11.6 Å². The minimum atomic E-state index is -0.920. The van der Waals surface area contributed by atoms with Crippen LogP contribution in [0.5, 0.6) is 0 Å². The Hall–Kier alpha value is -2.47. The van der Waals surface area contributed by atoms with Gasteiger partial charge in [0, 0.05) is 19.1 Å². The van der Waals surface area contributed by atoms with Crippen LogP contribution in [0.25, 0.3) is 0 Å². The van der Waals surface area contributed by atoms with Crippen molar-refractivity contribution in [2.24, 2.45) is 5.41 Å². The first-order valence-electron chi connectivity index (χ1n) is 9.86. The van der Waals surface area contributed by atoms with Crippen molar-refractivity contribution in [2.45, 2.75) is 45.8 Å². The number of piperazine rings is 1. The zero-order valence-corrected chi connectivity index (χ0v) is 17.3. The van der Waals surface area contributed by atoms with Crippen molar-refractivity contribution in [3.05, 3.63) is 71.3 Å². The summed E-state index contributed by atoms with van der Waals surface area (Å²) in [6, 6.07) is 12.1. The number of rotatable bonds is 3. The van der Waals surface area contributed by atoms with Crippen molar-refractivity contribution in [3.8, 4) is 0 Å². The summed E-state index contributed by atoms with van der Waals surface area (Å²) < 4.78 is 27.1. The Balaban J connectivity index is 2.06. The molecule has 3 rings (SSSR count). The average molecular weight is 402 g/mol. The number of benzene rings is 2. The van der Waals surface area contributed by atoms with Gasteiger partial charge in [0.15, 0.2) is 0 Å². The molecule has 0 bridgehead atoms. The van der Waals surface area contributed by atoms with Crippen LogP contribution in [-0.4, -0.2) is 46.2 Å². The van der Waals surface area contributed by atoms with E-state index < -0.39 is 6.09 Å². The van der Waals surface area contributed by atoms with Gasteiger partial charge in [0.25, 0.3) is 0 Å². The lowest BCUT2D eigenvalue weighted by atomic mass is 9.79. The van der Waals surface area contributed by atoms with Crippen LogP contribution in [0.2, 0.25) is 0 Å². The fourth-order valence-corrected chi connectivity index (χ4v) is 4.64. The molecule has 1 aliphatic rings. The molecule has 6 heteroatoms. The first kappa shape index (κ1) is 21.2. The summed E-state index contributed by atoms with van der Waals surface area (Å²) in [6.45, 7) is 9.06. The minimum Gasteiger partial charge on any atom is -0.465 e. The second-order valence-corrected chi connectivity index (χ2v) is 8.77. The number of nitrogens with zero attached hydrogens (tertiary/aromatic N) is 2. The molecule has 2 atom stereocenters. The van der Waals surface area contributed by atoms with Gasteiger partial charge in [-0.05, 0) is 47.7 Å². The number of amides is 1. The Kier molecular flexibility index (Phi) is 5.94. The molecule has 1 saturated heterocycles. The highest BCUT2D eigenvalue weighted by atomic mass is 19.1. The summed E-state index contributed by atoms with van der Waals surface area (Å²) >= 11 is 0. The molecule has 0 saturated carbocycles. The van der Waals surface area contributed by atoms with E-state index >= 15 is 0 Å². The highest BCUT2D eigenvalue weighted by molar-refractivity contribution is 5.66. The van der Waals surface area contributed by atoms with Crippen LogP contribution in [-0.2, 0) is 0 Å². The molecule has 2 aromatic carbocycles. The van der Waals surface area contributed by atoms with Crippen molar-refractivity contribution in [2.75, 3.05) is 13.1 Å². The molecule has 1 fully saturated rings. The third-order valence-corrected chi connectivity index (χ3v) is 5.75. The lowest BCUT2D eigenvalue weighted by Gasteiger charge is -2.52. The molecule has 1 heterocycles. The molecular formula is C23H28F2N2O2. The van der Waals surface area contributed by atoms with E-state index in [-0.39, 0.29) is 35.2 Å². The fraction of sp³-hybridized carbons (Fsp3) is 0.435. The molecular weight excluding hydrogens is 374 g/mol. The smallest absolute Gasteiger partial charge is 0.407 e. The van der Waals surface area contributed by atoms with E-state index in [9.17, 15) is 18.7 Å². The van der Waals surface area contributed by atoms with E-state index in [1.165, 1.54) is 29.2 Å². The standard InChI is InChI=1S/C23H28F2N2O2/c1-15-21(23(2,3)4)27(22(28)29)14-13-26(15)20(16-5-9-18(24)10-6-16)17-7-11-19(25)12-8-17/h5-12,15,20-21H,13-14H2,1-4H3,(H,28,29). The number of halogens is 2. The predicted molar refractivity (Wildman–Crippen MR) is 109 cm³/mol. The quantitative estimate of drug-likeness (QED) is 0.772. The Morgan fingerprint density at radius 3 is 1.79 bits per heavy atom. The molecule has 156 valence electrons. The first-order valence-corrected chi connectivity index (χ1v) is 9.86. The Labute approximate surface area is 170 Å². The number of carboxylic acid groups (broad SMARTS) is 1. The summed E-state index contributed by atoms with van der Waals surface area (Å²) in [6.07, 6.45) is -0.920. The van der Waals surface area contributed by atoms with E-state index in [1.54, 1.807) is 24.3 Å². The van der Waals surface area contributed by atoms with E-state index in [1.807, 2.05) is 27.7 Å². The highest BCUT2D eigenvalue weighted by Gasteiger charge is 2.45. The number of carbonyl (C=O) groups is 1. The SMILES string of the molecule is CC1C(C(C)(C)C)N(C(=O)O)CCN1C(c1ccc(F)cc1)c1ccc(F)cc1. The molecule has 0 spiro atoms. The summed E-state index contributed by atoms with van der Waals surface area (Å²) in [5.41, 5.74) is 1.51. The average Bonchev–Trinajstić information content (AvgIpc) is 2.64. The van der Waals surface area contributed by atoms with Crippen LogP contribution >= 0.6 is 0 Å². The molecule has 0 radical (unpaired) electrons. The fourth-order valence-electron chi connectivity index (χ4n) is 4.64. The third kappa shape index (κ3) is 4.42. The summed E-state index contributed by atoms with van der Waals surface area (Å²) in [5, 5.41) is 9.73. The molecule has 2 unspecified atom stereocenters. The second kappa shape index (κ2) is 8.11. The molecule has 0 aromatic heterocycles. The van der Waals surface area contributed by atoms with Gasteiger partial charge in [-0.15, -0.1) is 0 Å². The van der Waals surface area contributed by atoms with Crippen molar-refractivity contribution in [3.63, 3.8) is 0 Å². The predicted octanol–water partition coefficient (Wildman–Crippen LogP) is 5.15. The summed E-state index contributed by atoms with van der Waals surface area (Å²) in [4.78, 5) is 15.6. The van der Waals surface area contributed by atoms with Gasteiger partial charge in [-0.2, -0.15) is 0 Å². The lowest BCUT2D eigenvalue weighted by Crippen LogP contribution is -2.64. The van der Waals surface area contributed by atoms with Crippen molar-refractivity contribution >= 4 is 6.09 Å². The van der Waals surface area contributed by atoms with Crippen molar-refractivity contribution in [1.82, 2.24) is 9.80 Å². The lowest BCUT2D eigenvalue weighted by molar-refractivity contribution is -0.0269. The number of hydrogen-bond acceptors (Lipinski definition) is 2. The maximum Gasteiger partial charge on any atom is 0.407 e. The normalized spacial score (nSPS) is 20.9. The molecule has 1 amide bonds. The first-order chi connectivity index (χ1) is 13.6. The van der Waals surface area contributed by atoms with Gasteiger partial charge in [0.05, 0.1) is 12.1 Å². The van der Waals surface area contributed by atoms with Crippen LogP contribution in [0.15, 0.2) is 48.5 Å². The number of hydrogen-bond donors (Lipinski definition) is 1. The second-order valence-electron chi connectivity index (χ2n) is 8.77. The molecule has 29 heavy (non-hydrogen) atoms. The zero-order chi connectivity index (χ0) is 21.3. The molecule has 2 aromatic rings. The van der Waals surface area contributed by atoms with E-state index in [0.29, 0.717) is 13.1 Å². The van der Waals surface area contributed by atoms with Crippen LogP contribution in [0.4, 0.5) is 13.6 Å². The van der Waals surface area contributed by atoms with Crippen LogP contribution in [0.3, 0.4) is 0 Å². The molecule has 0 aliphatic carbocycles. The van der Waals surface area contributed by atoms with Gasteiger partial charge in [-0.1, -0.05) is 45.0 Å². The van der Waals surface area contributed by atoms with Gasteiger partial charge in [-0.3, -0.25) is 4.90 Å². The third-order valence-electron chi connectivity index (χ3n) is 5.75. The molecule has 1 N–H and O–H groups in total. The monoisotopic (exact) mass is 402 g/mol. The largest absolute Gasteiger partial charge is 0.465 e. The molecule has 4 nitrogen and oxygen atoms in total. The van der Waals surface area contributed by atoms with Crippen LogP contribution in [0.1, 0.15) is 44.9 Å². The van der Waals surface area contributed by atoms with E-state index in [2.05, 4.69) is 4.90 Å². The van der Waals surface area contributed by atoms with Crippen molar-refractivity contribution < 1.29 is 18.7 Å². The van der Waals surface area contributed by atoms with Crippen LogP contribution in [0, 0.1) is 17.0 Å². The Bertz CT molecular complexity index is 801. The van der Waals surface area contributed by atoms with Gasteiger partial charge < -0.3 is 10.0 Å². The van der Waals surface area contributed by atoms with E-state index in [0.717, 1.165) is 11.1 Å².